The Morgan fingerprint density at radius 2 is 1.73 bits per heavy atom. The lowest BCUT2D eigenvalue weighted by Gasteiger charge is -2.22. The molecule has 1 heterocycles. The van der Waals surface area contributed by atoms with Crippen molar-refractivity contribution in [3.63, 3.8) is 0 Å². The van der Waals surface area contributed by atoms with Crippen LogP contribution in [0.2, 0.25) is 0 Å². The standard InChI is InChI=1S/C30H24F3N5O6/c1-5-37(3)28(41)20-12-22-25(13-19(20)18-8-7-17(38(4)15(2)39)11-23(18)30(31,32)33)44-36-26(22)27(40)35-24-9-6-16(14-34)10-21(24)29(42)43/h6-13H,5H2,1-4H3,(H,35,40)(H,42,43). The third-order valence-corrected chi connectivity index (χ3v) is 6.96. The molecule has 0 aliphatic carbocycles. The molecule has 4 aromatic rings. The molecule has 226 valence electrons. The number of hydrogen-bond donors (Lipinski definition) is 2. The molecule has 0 radical (unpaired) electrons. The normalized spacial score (nSPS) is 11.1. The van der Waals surface area contributed by atoms with Crippen LogP contribution in [0.3, 0.4) is 0 Å². The summed E-state index contributed by atoms with van der Waals surface area (Å²) in [6.45, 7) is 3.08. The number of halogens is 3. The number of hydrogen-bond acceptors (Lipinski definition) is 7. The van der Waals surface area contributed by atoms with Gasteiger partial charge in [0.1, 0.15) is 0 Å². The van der Waals surface area contributed by atoms with Gasteiger partial charge in [-0.3, -0.25) is 14.4 Å². The Bertz CT molecular complexity index is 1880. The molecule has 0 spiro atoms. The van der Waals surface area contributed by atoms with Crippen molar-refractivity contribution in [3.05, 3.63) is 76.5 Å². The Morgan fingerprint density at radius 3 is 2.32 bits per heavy atom. The van der Waals surface area contributed by atoms with Crippen LogP contribution < -0.4 is 10.2 Å². The number of amides is 3. The minimum Gasteiger partial charge on any atom is -0.478 e. The maximum atomic E-state index is 14.4. The fraction of sp³-hybridized carbons (Fsp3) is 0.200. The van der Waals surface area contributed by atoms with E-state index in [1.165, 1.54) is 56.3 Å². The molecule has 0 fully saturated rings. The van der Waals surface area contributed by atoms with Gasteiger partial charge in [0.15, 0.2) is 11.3 Å². The van der Waals surface area contributed by atoms with Gasteiger partial charge in [-0.05, 0) is 60.5 Å². The predicted molar refractivity (Wildman–Crippen MR) is 152 cm³/mol. The summed E-state index contributed by atoms with van der Waals surface area (Å²) in [4.78, 5) is 52.5. The largest absolute Gasteiger partial charge is 0.478 e. The highest BCUT2D eigenvalue weighted by atomic mass is 19.4. The highest BCUT2D eigenvalue weighted by molar-refractivity contribution is 6.15. The molecule has 3 amide bonds. The summed E-state index contributed by atoms with van der Waals surface area (Å²) in [7, 11) is 2.78. The molecule has 0 unspecified atom stereocenters. The van der Waals surface area contributed by atoms with Crippen molar-refractivity contribution in [2.24, 2.45) is 0 Å². The van der Waals surface area contributed by atoms with Crippen molar-refractivity contribution < 1.29 is 42.0 Å². The summed E-state index contributed by atoms with van der Waals surface area (Å²) in [5, 5.41) is 24.7. The zero-order chi connectivity index (χ0) is 32.5. The number of aromatic carboxylic acids is 1. The molecule has 11 nitrogen and oxygen atoms in total. The highest BCUT2D eigenvalue weighted by Gasteiger charge is 2.36. The summed E-state index contributed by atoms with van der Waals surface area (Å²) < 4.78 is 48.4. The second kappa shape index (κ2) is 11.9. The summed E-state index contributed by atoms with van der Waals surface area (Å²) in [5.74, 6) is -3.49. The van der Waals surface area contributed by atoms with Gasteiger partial charge in [0.25, 0.3) is 11.8 Å². The Kier molecular flexibility index (Phi) is 8.43. The molecule has 0 atom stereocenters. The Hall–Kier alpha value is -5.71. The number of anilines is 2. The monoisotopic (exact) mass is 607 g/mol. The van der Waals surface area contributed by atoms with E-state index in [0.717, 1.165) is 23.1 Å². The van der Waals surface area contributed by atoms with Gasteiger partial charge in [-0.2, -0.15) is 18.4 Å². The first-order chi connectivity index (χ1) is 20.7. The van der Waals surface area contributed by atoms with Crippen LogP contribution in [-0.2, 0) is 11.0 Å². The highest BCUT2D eigenvalue weighted by Crippen LogP contribution is 2.42. The number of benzene rings is 3. The second-order valence-corrected chi connectivity index (χ2v) is 9.68. The number of nitriles is 1. The molecular formula is C30H24F3N5O6. The number of carbonyl (C=O) groups excluding carboxylic acids is 3. The number of alkyl halides is 3. The zero-order valence-corrected chi connectivity index (χ0v) is 23.7. The fourth-order valence-corrected chi connectivity index (χ4v) is 4.37. The average molecular weight is 608 g/mol. The Balaban J connectivity index is 1.91. The van der Waals surface area contributed by atoms with E-state index >= 15 is 0 Å². The van der Waals surface area contributed by atoms with Crippen LogP contribution in [0.15, 0.2) is 53.1 Å². The van der Waals surface area contributed by atoms with Crippen LogP contribution in [0.25, 0.3) is 22.1 Å². The molecule has 1 aromatic heterocycles. The number of aromatic nitrogens is 1. The number of carbonyl (C=O) groups is 4. The first kappa shape index (κ1) is 31.2. The van der Waals surface area contributed by atoms with Gasteiger partial charge in [-0.25, -0.2) is 4.79 Å². The zero-order valence-electron chi connectivity index (χ0n) is 23.7. The fourth-order valence-electron chi connectivity index (χ4n) is 4.37. The summed E-state index contributed by atoms with van der Waals surface area (Å²) in [6.07, 6.45) is -4.88. The summed E-state index contributed by atoms with van der Waals surface area (Å²) >= 11 is 0. The molecule has 44 heavy (non-hydrogen) atoms. The van der Waals surface area contributed by atoms with Gasteiger partial charge < -0.3 is 24.7 Å². The van der Waals surface area contributed by atoms with E-state index in [1.54, 1.807) is 13.0 Å². The van der Waals surface area contributed by atoms with Gasteiger partial charge in [0, 0.05) is 38.8 Å². The molecule has 0 bridgehead atoms. The average Bonchev–Trinajstić information content (AvgIpc) is 3.41. The number of nitrogens with one attached hydrogen (secondary N) is 1. The molecule has 0 saturated carbocycles. The third-order valence-electron chi connectivity index (χ3n) is 6.96. The van der Waals surface area contributed by atoms with Crippen LogP contribution >= 0.6 is 0 Å². The van der Waals surface area contributed by atoms with Gasteiger partial charge in [-0.1, -0.05) is 11.2 Å². The number of rotatable bonds is 7. The van der Waals surface area contributed by atoms with E-state index < -0.39 is 35.4 Å². The van der Waals surface area contributed by atoms with E-state index in [2.05, 4.69) is 10.5 Å². The van der Waals surface area contributed by atoms with E-state index in [9.17, 15) is 37.5 Å². The number of carboxylic acid groups (broad SMARTS) is 1. The lowest BCUT2D eigenvalue weighted by molar-refractivity contribution is -0.137. The molecule has 14 heteroatoms. The maximum absolute atomic E-state index is 14.4. The van der Waals surface area contributed by atoms with Crippen LogP contribution in [0.1, 0.15) is 56.2 Å². The van der Waals surface area contributed by atoms with Crippen LogP contribution in [0, 0.1) is 11.3 Å². The van der Waals surface area contributed by atoms with Gasteiger partial charge >= 0.3 is 12.1 Å². The smallest absolute Gasteiger partial charge is 0.417 e. The Labute approximate surface area is 248 Å². The van der Waals surface area contributed by atoms with E-state index in [-0.39, 0.29) is 62.4 Å². The molecular weight excluding hydrogens is 583 g/mol. The number of carboxylic acids is 1. The quantitative estimate of drug-likeness (QED) is 0.282. The van der Waals surface area contributed by atoms with Crippen LogP contribution in [0.4, 0.5) is 24.5 Å². The minimum absolute atomic E-state index is 0.0182. The molecule has 3 aromatic carbocycles. The molecule has 0 saturated heterocycles. The first-order valence-electron chi connectivity index (χ1n) is 12.9. The predicted octanol–water partition coefficient (Wildman–Crippen LogP) is 5.41. The van der Waals surface area contributed by atoms with E-state index in [0.29, 0.717) is 0 Å². The minimum atomic E-state index is -4.88. The van der Waals surface area contributed by atoms with Crippen molar-refractivity contribution in [2.75, 3.05) is 30.9 Å². The number of fused-ring (bicyclic) bond motifs is 1. The van der Waals surface area contributed by atoms with Crippen molar-refractivity contribution in [2.45, 2.75) is 20.0 Å². The van der Waals surface area contributed by atoms with Crippen molar-refractivity contribution >= 4 is 46.0 Å². The van der Waals surface area contributed by atoms with Gasteiger partial charge in [-0.15, -0.1) is 0 Å². The van der Waals surface area contributed by atoms with Gasteiger partial charge in [0.05, 0.1) is 33.8 Å². The second-order valence-electron chi connectivity index (χ2n) is 9.68. The lowest BCUT2D eigenvalue weighted by Crippen LogP contribution is -2.27. The summed E-state index contributed by atoms with van der Waals surface area (Å²) in [5.41, 5.74) is -2.83. The number of nitrogens with zero attached hydrogens (tertiary/aromatic N) is 4. The SMILES string of the molecule is CCN(C)C(=O)c1cc2c(C(=O)Nc3ccc(C#N)cc3C(=O)O)noc2cc1-c1ccc(N(C)C(C)=O)cc1C(F)(F)F. The molecule has 0 aliphatic heterocycles. The van der Waals surface area contributed by atoms with E-state index in [1.807, 2.05) is 0 Å². The first-order valence-corrected chi connectivity index (χ1v) is 12.9. The molecule has 2 N–H and O–H groups in total. The van der Waals surface area contributed by atoms with E-state index in [4.69, 9.17) is 9.78 Å². The Morgan fingerprint density at radius 1 is 1.02 bits per heavy atom. The van der Waals surface area contributed by atoms with Crippen molar-refractivity contribution in [1.29, 1.82) is 5.26 Å². The maximum Gasteiger partial charge on any atom is 0.417 e. The summed E-state index contributed by atoms with van der Waals surface area (Å²) in [6, 6.07) is 11.0. The van der Waals surface area contributed by atoms with Crippen molar-refractivity contribution in [1.82, 2.24) is 10.1 Å². The topological polar surface area (TPSA) is 157 Å². The molecule has 4 rings (SSSR count). The van der Waals surface area contributed by atoms with Gasteiger partial charge in [0.2, 0.25) is 5.91 Å². The van der Waals surface area contributed by atoms with Crippen LogP contribution in [-0.4, -0.2) is 59.5 Å². The molecule has 0 aliphatic rings. The lowest BCUT2D eigenvalue weighted by atomic mass is 9.92. The third kappa shape index (κ3) is 5.93. The van der Waals surface area contributed by atoms with Crippen LogP contribution in [0.5, 0.6) is 0 Å². The van der Waals surface area contributed by atoms with Crippen molar-refractivity contribution in [3.8, 4) is 17.2 Å².